The van der Waals surface area contributed by atoms with Gasteiger partial charge in [0.15, 0.2) is 0 Å². The van der Waals surface area contributed by atoms with Gasteiger partial charge in [-0.1, -0.05) is 0 Å². The van der Waals surface area contributed by atoms with Crippen LogP contribution in [0.15, 0.2) is 10.5 Å². The van der Waals surface area contributed by atoms with Crippen molar-refractivity contribution in [3.8, 4) is 0 Å². The molecule has 0 fully saturated rings. The lowest BCUT2D eigenvalue weighted by Gasteiger charge is -1.92. The summed E-state index contributed by atoms with van der Waals surface area (Å²) in [5.74, 6) is -0.348. The van der Waals surface area contributed by atoms with E-state index in [0.717, 1.165) is 10.2 Å². The van der Waals surface area contributed by atoms with Crippen molar-refractivity contribution in [1.82, 2.24) is 4.98 Å². The highest BCUT2D eigenvalue weighted by Gasteiger charge is 2.09. The molecule has 0 atom stereocenters. The van der Waals surface area contributed by atoms with Gasteiger partial charge in [0.2, 0.25) is 0 Å². The fraction of sp³-hybridized carbons (Fsp3) is 0.286. The summed E-state index contributed by atoms with van der Waals surface area (Å²) < 4.78 is 5.40. The molecule has 0 bridgehead atoms. The third kappa shape index (κ3) is 1.63. The Kier molecular flexibility index (Phi) is 2.34. The summed E-state index contributed by atoms with van der Waals surface area (Å²) in [5, 5.41) is 0. The number of ether oxygens (including phenoxy) is 1. The van der Waals surface area contributed by atoms with Crippen LogP contribution in [0.4, 0.5) is 0 Å². The number of H-pyrrole nitrogens is 1. The Morgan fingerprint density at radius 2 is 2.36 bits per heavy atom. The minimum atomic E-state index is -0.348. The van der Waals surface area contributed by atoms with E-state index in [1.54, 1.807) is 6.07 Å². The minimum absolute atomic E-state index is 0.348. The molecule has 0 aromatic carbocycles. The molecule has 4 heteroatoms. The van der Waals surface area contributed by atoms with Gasteiger partial charge in [0.05, 0.1) is 7.11 Å². The number of aryl methyl sites for hydroxylation is 1. The van der Waals surface area contributed by atoms with Gasteiger partial charge in [0.1, 0.15) is 5.69 Å². The predicted molar refractivity (Wildman–Crippen MR) is 44.6 cm³/mol. The highest BCUT2D eigenvalue weighted by atomic mass is 79.9. The average Bonchev–Trinajstić information content (AvgIpc) is 2.31. The molecule has 1 aromatic rings. The Labute approximate surface area is 72.9 Å². The Hall–Kier alpha value is -0.770. The number of aromatic amines is 1. The molecule has 0 aliphatic carbocycles. The summed E-state index contributed by atoms with van der Waals surface area (Å²) in [6, 6.07) is 1.70. The highest BCUT2D eigenvalue weighted by Crippen LogP contribution is 2.16. The van der Waals surface area contributed by atoms with Gasteiger partial charge in [-0.05, 0) is 28.9 Å². The maximum absolute atomic E-state index is 10.9. The van der Waals surface area contributed by atoms with Crippen molar-refractivity contribution in [1.29, 1.82) is 0 Å². The first-order valence-electron chi connectivity index (χ1n) is 3.08. The second-order valence-electron chi connectivity index (χ2n) is 2.15. The number of hydrogen-bond acceptors (Lipinski definition) is 2. The average molecular weight is 218 g/mol. The van der Waals surface area contributed by atoms with E-state index in [1.165, 1.54) is 7.11 Å². The monoisotopic (exact) mass is 217 g/mol. The second-order valence-corrected chi connectivity index (χ2v) is 3.00. The van der Waals surface area contributed by atoms with Gasteiger partial charge in [-0.25, -0.2) is 4.79 Å². The standard InChI is InChI=1S/C7H8BrNO2/c1-4-5(8)3-6(9-4)7(10)11-2/h3,9H,1-2H3. The molecular formula is C7H8BrNO2. The number of carbonyl (C=O) groups is 1. The number of carbonyl (C=O) groups excluding carboxylic acids is 1. The van der Waals surface area contributed by atoms with E-state index < -0.39 is 0 Å². The lowest BCUT2D eigenvalue weighted by Crippen LogP contribution is -2.00. The Morgan fingerprint density at radius 3 is 2.73 bits per heavy atom. The molecule has 3 nitrogen and oxygen atoms in total. The smallest absolute Gasteiger partial charge is 0.354 e. The molecule has 0 aliphatic rings. The molecule has 0 aliphatic heterocycles. The molecule has 60 valence electrons. The molecule has 0 unspecified atom stereocenters. The Morgan fingerprint density at radius 1 is 1.73 bits per heavy atom. The van der Waals surface area contributed by atoms with Crippen LogP contribution in [-0.2, 0) is 4.74 Å². The number of esters is 1. The van der Waals surface area contributed by atoms with Gasteiger partial charge in [-0.15, -0.1) is 0 Å². The van der Waals surface area contributed by atoms with Crippen LogP contribution in [0.3, 0.4) is 0 Å². The van der Waals surface area contributed by atoms with E-state index in [9.17, 15) is 4.79 Å². The summed E-state index contributed by atoms with van der Waals surface area (Å²) in [6.07, 6.45) is 0. The highest BCUT2D eigenvalue weighted by molar-refractivity contribution is 9.10. The van der Waals surface area contributed by atoms with Gasteiger partial charge < -0.3 is 9.72 Å². The number of hydrogen-bond donors (Lipinski definition) is 1. The largest absolute Gasteiger partial charge is 0.464 e. The predicted octanol–water partition coefficient (Wildman–Crippen LogP) is 1.87. The second kappa shape index (κ2) is 3.09. The topological polar surface area (TPSA) is 42.1 Å². The van der Waals surface area contributed by atoms with Crippen molar-refractivity contribution < 1.29 is 9.53 Å². The molecule has 0 saturated carbocycles. The van der Waals surface area contributed by atoms with Crippen molar-refractivity contribution in [3.05, 3.63) is 21.9 Å². The lowest BCUT2D eigenvalue weighted by molar-refractivity contribution is 0.0594. The lowest BCUT2D eigenvalue weighted by atomic mass is 10.4. The van der Waals surface area contributed by atoms with Crippen LogP contribution >= 0.6 is 15.9 Å². The van der Waals surface area contributed by atoms with Crippen LogP contribution in [0, 0.1) is 6.92 Å². The number of nitrogens with one attached hydrogen (secondary N) is 1. The van der Waals surface area contributed by atoms with E-state index in [1.807, 2.05) is 6.92 Å². The zero-order chi connectivity index (χ0) is 8.43. The van der Waals surface area contributed by atoms with Gasteiger partial charge in [-0.3, -0.25) is 0 Å². The zero-order valence-electron chi connectivity index (χ0n) is 6.27. The first-order chi connectivity index (χ1) is 5.15. The van der Waals surface area contributed by atoms with Crippen LogP contribution in [-0.4, -0.2) is 18.1 Å². The van der Waals surface area contributed by atoms with E-state index in [0.29, 0.717) is 5.69 Å². The third-order valence-corrected chi connectivity index (χ3v) is 2.18. The van der Waals surface area contributed by atoms with E-state index in [-0.39, 0.29) is 5.97 Å². The SMILES string of the molecule is COC(=O)c1cc(Br)c(C)[nH]1. The molecule has 11 heavy (non-hydrogen) atoms. The van der Waals surface area contributed by atoms with E-state index in [4.69, 9.17) is 0 Å². The third-order valence-electron chi connectivity index (χ3n) is 1.36. The number of methoxy groups -OCH3 is 1. The molecule has 0 spiro atoms. The molecule has 1 heterocycles. The summed E-state index contributed by atoms with van der Waals surface area (Å²) in [7, 11) is 1.35. The molecule has 1 rings (SSSR count). The first kappa shape index (κ1) is 8.33. The van der Waals surface area contributed by atoms with Gasteiger partial charge in [0.25, 0.3) is 0 Å². The van der Waals surface area contributed by atoms with E-state index in [2.05, 4.69) is 25.7 Å². The number of halogens is 1. The molecule has 0 amide bonds. The number of aromatic nitrogens is 1. The Balaban J connectivity index is 2.97. The van der Waals surface area contributed by atoms with Gasteiger partial charge in [-0.2, -0.15) is 0 Å². The normalized spacial score (nSPS) is 9.73. The summed E-state index contributed by atoms with van der Waals surface area (Å²) in [5.41, 5.74) is 1.39. The van der Waals surface area contributed by atoms with Crippen LogP contribution in [0.1, 0.15) is 16.2 Å². The minimum Gasteiger partial charge on any atom is -0.464 e. The molecule has 0 saturated heterocycles. The van der Waals surface area contributed by atoms with Crippen molar-refractivity contribution in [2.75, 3.05) is 7.11 Å². The van der Waals surface area contributed by atoms with Crippen molar-refractivity contribution in [3.63, 3.8) is 0 Å². The first-order valence-corrected chi connectivity index (χ1v) is 3.88. The van der Waals surface area contributed by atoms with Crippen LogP contribution in [0.5, 0.6) is 0 Å². The maximum Gasteiger partial charge on any atom is 0.354 e. The van der Waals surface area contributed by atoms with Crippen LogP contribution < -0.4 is 0 Å². The van der Waals surface area contributed by atoms with Gasteiger partial charge >= 0.3 is 5.97 Å². The summed E-state index contributed by atoms with van der Waals surface area (Å²) in [6.45, 7) is 1.87. The number of rotatable bonds is 1. The molecular weight excluding hydrogens is 210 g/mol. The summed E-state index contributed by atoms with van der Waals surface area (Å²) in [4.78, 5) is 13.8. The Bertz CT molecular complexity index is 260. The van der Waals surface area contributed by atoms with Crippen LogP contribution in [0.2, 0.25) is 0 Å². The van der Waals surface area contributed by atoms with Crippen LogP contribution in [0.25, 0.3) is 0 Å². The summed E-state index contributed by atoms with van der Waals surface area (Å²) >= 11 is 3.27. The molecule has 1 N–H and O–H groups in total. The zero-order valence-corrected chi connectivity index (χ0v) is 7.86. The van der Waals surface area contributed by atoms with Gasteiger partial charge in [0, 0.05) is 10.2 Å². The molecule has 0 radical (unpaired) electrons. The van der Waals surface area contributed by atoms with Crippen molar-refractivity contribution >= 4 is 21.9 Å². The fourth-order valence-electron chi connectivity index (χ4n) is 0.753. The van der Waals surface area contributed by atoms with Crippen molar-refractivity contribution in [2.24, 2.45) is 0 Å². The quantitative estimate of drug-likeness (QED) is 0.731. The maximum atomic E-state index is 10.9. The van der Waals surface area contributed by atoms with E-state index >= 15 is 0 Å². The fourth-order valence-corrected chi connectivity index (χ4v) is 1.08. The van der Waals surface area contributed by atoms with Crippen molar-refractivity contribution in [2.45, 2.75) is 6.92 Å². The molecule has 1 aromatic heterocycles.